The zero-order valence-corrected chi connectivity index (χ0v) is 10.8. The van der Waals surface area contributed by atoms with Crippen LogP contribution in [0.1, 0.15) is 41.8 Å². The highest BCUT2D eigenvalue weighted by Crippen LogP contribution is 2.17. The minimum atomic E-state index is -1.08. The number of hydrogen-bond acceptors (Lipinski definition) is 5. The molecule has 2 N–H and O–H groups in total. The van der Waals surface area contributed by atoms with Gasteiger partial charge in [-0.3, -0.25) is 0 Å². The van der Waals surface area contributed by atoms with Crippen LogP contribution < -0.4 is 5.32 Å². The Labute approximate surface area is 110 Å². The molecule has 0 saturated carbocycles. The number of anilines is 1. The van der Waals surface area contributed by atoms with Crippen LogP contribution in [-0.2, 0) is 6.54 Å². The molecule has 0 spiro atoms. The lowest BCUT2D eigenvalue weighted by Crippen LogP contribution is -2.12. The summed E-state index contributed by atoms with van der Waals surface area (Å²) in [5.74, 6) is 0.230. The lowest BCUT2D eigenvalue weighted by Gasteiger charge is -2.10. The fourth-order valence-corrected chi connectivity index (χ4v) is 1.56. The van der Waals surface area contributed by atoms with Gasteiger partial charge in [-0.25, -0.2) is 14.8 Å². The van der Waals surface area contributed by atoms with Gasteiger partial charge in [0, 0.05) is 5.92 Å². The van der Waals surface area contributed by atoms with Gasteiger partial charge >= 0.3 is 5.97 Å². The van der Waals surface area contributed by atoms with E-state index in [0.717, 1.165) is 0 Å². The summed E-state index contributed by atoms with van der Waals surface area (Å²) in [6.45, 7) is 4.21. The Morgan fingerprint density at radius 1 is 1.53 bits per heavy atom. The third kappa shape index (κ3) is 3.09. The molecule has 0 unspecified atom stereocenters. The molecule has 0 aliphatic heterocycles. The minimum Gasteiger partial charge on any atom is -0.476 e. The Bertz CT molecular complexity index is 565. The zero-order valence-electron chi connectivity index (χ0n) is 10.8. The number of aromatic carboxylic acids is 1. The molecule has 2 heterocycles. The van der Waals surface area contributed by atoms with Crippen LogP contribution in [0.5, 0.6) is 0 Å². The summed E-state index contributed by atoms with van der Waals surface area (Å²) < 4.78 is 5.17. The maximum atomic E-state index is 11.2. The van der Waals surface area contributed by atoms with Gasteiger partial charge in [0.2, 0.25) is 0 Å². The molecule has 100 valence electrons. The maximum Gasteiger partial charge on any atom is 0.356 e. The summed E-state index contributed by atoms with van der Waals surface area (Å²) in [7, 11) is 0. The third-order valence-electron chi connectivity index (χ3n) is 2.56. The van der Waals surface area contributed by atoms with Gasteiger partial charge in [-0.2, -0.15) is 0 Å². The predicted molar refractivity (Wildman–Crippen MR) is 69.1 cm³/mol. The zero-order chi connectivity index (χ0) is 13.8. The SMILES string of the molecule is CC(C)c1ncc(NCc2ccco2)c(C(=O)O)n1. The average molecular weight is 261 g/mol. The largest absolute Gasteiger partial charge is 0.476 e. The van der Waals surface area contributed by atoms with Gasteiger partial charge in [0.1, 0.15) is 11.6 Å². The summed E-state index contributed by atoms with van der Waals surface area (Å²) in [4.78, 5) is 19.4. The first-order valence-electron chi connectivity index (χ1n) is 5.94. The van der Waals surface area contributed by atoms with Crippen molar-refractivity contribution in [1.29, 1.82) is 0 Å². The van der Waals surface area contributed by atoms with Crippen LogP contribution in [0.15, 0.2) is 29.0 Å². The molecule has 0 aromatic carbocycles. The van der Waals surface area contributed by atoms with Gasteiger partial charge in [0.25, 0.3) is 0 Å². The number of hydrogen-bond donors (Lipinski definition) is 2. The van der Waals surface area contributed by atoms with Crippen LogP contribution >= 0.6 is 0 Å². The predicted octanol–water partition coefficient (Wildman–Crippen LogP) is 2.50. The van der Waals surface area contributed by atoms with Crippen LogP contribution in [0, 0.1) is 0 Å². The van der Waals surface area contributed by atoms with Crippen molar-refractivity contribution in [3.8, 4) is 0 Å². The molecule has 2 aromatic rings. The molecule has 0 amide bonds. The Hall–Kier alpha value is -2.37. The first kappa shape index (κ1) is 13.1. The van der Waals surface area contributed by atoms with Crippen molar-refractivity contribution < 1.29 is 14.3 Å². The van der Waals surface area contributed by atoms with E-state index in [1.807, 2.05) is 13.8 Å². The summed E-state index contributed by atoms with van der Waals surface area (Å²) >= 11 is 0. The Morgan fingerprint density at radius 3 is 2.89 bits per heavy atom. The van der Waals surface area contributed by atoms with Crippen molar-refractivity contribution in [3.05, 3.63) is 41.9 Å². The van der Waals surface area contributed by atoms with Crippen molar-refractivity contribution in [2.75, 3.05) is 5.32 Å². The molecule has 6 nitrogen and oxygen atoms in total. The van der Waals surface area contributed by atoms with Gasteiger partial charge < -0.3 is 14.8 Å². The molecule has 0 fully saturated rings. The molecule has 0 saturated heterocycles. The van der Waals surface area contributed by atoms with Gasteiger partial charge in [0.05, 0.1) is 24.7 Å². The lowest BCUT2D eigenvalue weighted by molar-refractivity contribution is 0.0691. The molecular weight excluding hydrogens is 246 g/mol. The molecule has 0 bridgehead atoms. The van der Waals surface area contributed by atoms with E-state index >= 15 is 0 Å². The van der Waals surface area contributed by atoms with Crippen LogP contribution in [0.4, 0.5) is 5.69 Å². The first-order chi connectivity index (χ1) is 9.08. The molecule has 0 aliphatic rings. The van der Waals surface area contributed by atoms with E-state index in [0.29, 0.717) is 23.8 Å². The number of aromatic nitrogens is 2. The summed E-state index contributed by atoms with van der Waals surface area (Å²) in [6.07, 6.45) is 3.06. The Balaban J connectivity index is 2.21. The van der Waals surface area contributed by atoms with E-state index in [9.17, 15) is 9.90 Å². The fraction of sp³-hybridized carbons (Fsp3) is 0.308. The second-order valence-corrected chi connectivity index (χ2v) is 4.38. The van der Waals surface area contributed by atoms with Crippen LogP contribution in [0.25, 0.3) is 0 Å². The second kappa shape index (κ2) is 5.51. The topological polar surface area (TPSA) is 88.2 Å². The normalized spacial score (nSPS) is 10.7. The van der Waals surface area contributed by atoms with E-state index in [4.69, 9.17) is 4.42 Å². The van der Waals surface area contributed by atoms with E-state index < -0.39 is 5.97 Å². The molecule has 2 rings (SSSR count). The molecule has 0 radical (unpaired) electrons. The van der Waals surface area contributed by atoms with Gasteiger partial charge in [-0.05, 0) is 12.1 Å². The Morgan fingerprint density at radius 2 is 2.32 bits per heavy atom. The average Bonchev–Trinajstić information content (AvgIpc) is 2.89. The van der Waals surface area contributed by atoms with Crippen molar-refractivity contribution in [3.63, 3.8) is 0 Å². The second-order valence-electron chi connectivity index (χ2n) is 4.38. The van der Waals surface area contributed by atoms with Gasteiger partial charge in [-0.1, -0.05) is 13.8 Å². The van der Waals surface area contributed by atoms with Crippen LogP contribution in [-0.4, -0.2) is 21.0 Å². The Kier molecular flexibility index (Phi) is 3.79. The molecule has 19 heavy (non-hydrogen) atoms. The van der Waals surface area contributed by atoms with E-state index in [1.54, 1.807) is 18.4 Å². The number of furan rings is 1. The van der Waals surface area contributed by atoms with Crippen molar-refractivity contribution in [1.82, 2.24) is 9.97 Å². The van der Waals surface area contributed by atoms with Crippen molar-refractivity contribution in [2.24, 2.45) is 0 Å². The van der Waals surface area contributed by atoms with Gasteiger partial charge in [-0.15, -0.1) is 0 Å². The quantitative estimate of drug-likeness (QED) is 0.859. The number of carbonyl (C=O) groups is 1. The minimum absolute atomic E-state index is 0.0229. The molecular formula is C13H15N3O3. The monoisotopic (exact) mass is 261 g/mol. The highest BCUT2D eigenvalue weighted by atomic mass is 16.4. The number of rotatable bonds is 5. The number of nitrogens with one attached hydrogen (secondary N) is 1. The maximum absolute atomic E-state index is 11.2. The number of nitrogens with zero attached hydrogens (tertiary/aromatic N) is 2. The highest BCUT2D eigenvalue weighted by molar-refractivity contribution is 5.91. The summed E-state index contributed by atoms with van der Waals surface area (Å²) in [5, 5.41) is 12.1. The van der Waals surface area contributed by atoms with Crippen LogP contribution in [0.2, 0.25) is 0 Å². The number of carboxylic acid groups (broad SMARTS) is 1. The standard InChI is InChI=1S/C13H15N3O3/c1-8(2)12-15-7-10(11(16-12)13(17)18)14-6-9-4-3-5-19-9/h3-5,7-8,14H,6H2,1-2H3,(H,17,18). The smallest absolute Gasteiger partial charge is 0.356 e. The van der Waals surface area contributed by atoms with Gasteiger partial charge in [0.15, 0.2) is 5.69 Å². The fourth-order valence-electron chi connectivity index (χ4n) is 1.56. The third-order valence-corrected chi connectivity index (χ3v) is 2.56. The highest BCUT2D eigenvalue weighted by Gasteiger charge is 2.15. The first-order valence-corrected chi connectivity index (χ1v) is 5.94. The summed E-state index contributed by atoms with van der Waals surface area (Å²) in [6, 6.07) is 3.57. The molecule has 6 heteroatoms. The van der Waals surface area contributed by atoms with E-state index in [-0.39, 0.29) is 11.6 Å². The van der Waals surface area contributed by atoms with E-state index in [2.05, 4.69) is 15.3 Å². The number of carboxylic acids is 1. The lowest BCUT2D eigenvalue weighted by atomic mass is 10.2. The van der Waals surface area contributed by atoms with E-state index in [1.165, 1.54) is 6.20 Å². The van der Waals surface area contributed by atoms with Crippen molar-refractivity contribution >= 4 is 11.7 Å². The molecule has 2 aromatic heterocycles. The molecule has 0 aliphatic carbocycles. The molecule has 0 atom stereocenters. The summed E-state index contributed by atoms with van der Waals surface area (Å²) in [5.41, 5.74) is 0.360. The van der Waals surface area contributed by atoms with Crippen LogP contribution in [0.3, 0.4) is 0 Å². The van der Waals surface area contributed by atoms with Crippen molar-refractivity contribution in [2.45, 2.75) is 26.3 Å².